The second kappa shape index (κ2) is 9.55. The predicted molar refractivity (Wildman–Crippen MR) is 112 cm³/mol. The molecule has 1 atom stereocenters. The molecule has 0 saturated heterocycles. The average molecular weight is 389 g/mol. The molecule has 3 aromatic rings. The van der Waals surface area contributed by atoms with Crippen molar-refractivity contribution in [3.05, 3.63) is 90.0 Å². The van der Waals surface area contributed by atoms with Gasteiger partial charge >= 0.3 is 0 Å². The molecule has 0 aliphatic carbocycles. The number of hydrogen-bond acceptors (Lipinski definition) is 4. The number of carbonyl (C=O) groups is 2. The number of nitrogens with one attached hydrogen (secondary N) is 1. The van der Waals surface area contributed by atoms with Crippen LogP contribution in [-0.2, 0) is 4.79 Å². The fourth-order valence-corrected chi connectivity index (χ4v) is 2.87. The van der Waals surface area contributed by atoms with E-state index in [4.69, 9.17) is 9.47 Å². The first-order valence-corrected chi connectivity index (χ1v) is 9.40. The monoisotopic (exact) mass is 389 g/mol. The Balaban J connectivity index is 1.83. The molecule has 0 bridgehead atoms. The van der Waals surface area contributed by atoms with Crippen LogP contribution >= 0.6 is 0 Å². The van der Waals surface area contributed by atoms with E-state index in [9.17, 15) is 9.59 Å². The number of ketones is 1. The molecule has 1 amide bonds. The number of hydrogen-bond donors (Lipinski definition) is 1. The topological polar surface area (TPSA) is 64.6 Å². The Hall–Kier alpha value is -3.60. The van der Waals surface area contributed by atoms with E-state index in [-0.39, 0.29) is 11.7 Å². The summed E-state index contributed by atoms with van der Waals surface area (Å²) in [6.07, 6.45) is -0.411. The van der Waals surface area contributed by atoms with Crippen molar-refractivity contribution < 1.29 is 19.1 Å². The standard InChI is InChI=1S/C24H23NO4/c1-3-22(26)17-12-14-20(15-13-17)29-23(18-8-5-4-6-9-18)24(27)25-19-10-7-11-21(16-19)28-2/h4-16,23H,3H2,1-2H3,(H,25,27)/t23-/m1/s1. The highest BCUT2D eigenvalue weighted by Gasteiger charge is 2.23. The number of ether oxygens (including phenoxy) is 2. The van der Waals surface area contributed by atoms with Gasteiger partial charge in [0.2, 0.25) is 6.10 Å². The zero-order chi connectivity index (χ0) is 20.6. The third-order valence-electron chi connectivity index (χ3n) is 4.43. The first-order chi connectivity index (χ1) is 14.1. The molecule has 0 aromatic heterocycles. The number of rotatable bonds is 8. The number of carbonyl (C=O) groups excluding carboxylic acids is 2. The summed E-state index contributed by atoms with van der Waals surface area (Å²) in [6.45, 7) is 1.82. The predicted octanol–water partition coefficient (Wildman–Crippen LogP) is 5.05. The van der Waals surface area contributed by atoms with E-state index in [1.54, 1.807) is 55.6 Å². The molecule has 5 heteroatoms. The van der Waals surface area contributed by atoms with E-state index in [1.807, 2.05) is 37.3 Å². The zero-order valence-electron chi connectivity index (χ0n) is 16.4. The van der Waals surface area contributed by atoms with Gasteiger partial charge in [-0.3, -0.25) is 9.59 Å². The normalized spacial score (nSPS) is 11.4. The first kappa shape index (κ1) is 20.1. The van der Waals surface area contributed by atoms with Crippen molar-refractivity contribution in [1.29, 1.82) is 0 Å². The summed E-state index contributed by atoms with van der Waals surface area (Å²) in [5.41, 5.74) is 1.96. The summed E-state index contributed by atoms with van der Waals surface area (Å²) in [4.78, 5) is 24.8. The van der Waals surface area contributed by atoms with Gasteiger partial charge in [-0.1, -0.05) is 43.3 Å². The van der Waals surface area contributed by atoms with Crippen molar-refractivity contribution in [2.75, 3.05) is 12.4 Å². The molecule has 5 nitrogen and oxygen atoms in total. The van der Waals surface area contributed by atoms with Crippen LogP contribution in [0.3, 0.4) is 0 Å². The third-order valence-corrected chi connectivity index (χ3v) is 4.43. The molecule has 0 saturated carbocycles. The highest BCUT2D eigenvalue weighted by Crippen LogP contribution is 2.25. The van der Waals surface area contributed by atoms with Crippen LogP contribution < -0.4 is 14.8 Å². The highest BCUT2D eigenvalue weighted by molar-refractivity contribution is 5.96. The van der Waals surface area contributed by atoms with Gasteiger partial charge in [-0.2, -0.15) is 0 Å². The second-order valence-corrected chi connectivity index (χ2v) is 6.43. The van der Waals surface area contributed by atoms with Crippen LogP contribution in [-0.4, -0.2) is 18.8 Å². The van der Waals surface area contributed by atoms with Gasteiger partial charge in [0.25, 0.3) is 5.91 Å². The third kappa shape index (κ3) is 5.23. The molecule has 0 aliphatic rings. The maximum absolute atomic E-state index is 13.0. The highest BCUT2D eigenvalue weighted by atomic mass is 16.5. The van der Waals surface area contributed by atoms with Gasteiger partial charge < -0.3 is 14.8 Å². The minimum Gasteiger partial charge on any atom is -0.497 e. The van der Waals surface area contributed by atoms with Crippen molar-refractivity contribution in [3.8, 4) is 11.5 Å². The summed E-state index contributed by atoms with van der Waals surface area (Å²) >= 11 is 0. The molecule has 3 rings (SSSR count). The van der Waals surface area contributed by atoms with Gasteiger partial charge in [0.15, 0.2) is 5.78 Å². The summed E-state index contributed by atoms with van der Waals surface area (Å²) in [6, 6.07) is 23.2. The molecule has 3 aromatic carbocycles. The molecule has 0 unspecified atom stereocenters. The quantitative estimate of drug-likeness (QED) is 0.548. The van der Waals surface area contributed by atoms with Crippen molar-refractivity contribution in [2.24, 2.45) is 0 Å². The lowest BCUT2D eigenvalue weighted by Crippen LogP contribution is -2.25. The summed E-state index contributed by atoms with van der Waals surface area (Å²) < 4.78 is 11.2. The van der Waals surface area contributed by atoms with E-state index >= 15 is 0 Å². The Morgan fingerprint density at radius 3 is 2.28 bits per heavy atom. The molecular weight excluding hydrogens is 366 g/mol. The fourth-order valence-electron chi connectivity index (χ4n) is 2.87. The molecule has 0 radical (unpaired) electrons. The van der Waals surface area contributed by atoms with E-state index in [2.05, 4.69) is 5.32 Å². The van der Waals surface area contributed by atoms with Gasteiger partial charge in [-0.25, -0.2) is 0 Å². The summed E-state index contributed by atoms with van der Waals surface area (Å²) in [5, 5.41) is 2.88. The van der Waals surface area contributed by atoms with Crippen molar-refractivity contribution in [2.45, 2.75) is 19.4 Å². The Morgan fingerprint density at radius 2 is 1.62 bits per heavy atom. The molecule has 1 N–H and O–H groups in total. The number of benzene rings is 3. The van der Waals surface area contributed by atoms with Crippen LogP contribution in [0.15, 0.2) is 78.9 Å². The smallest absolute Gasteiger partial charge is 0.270 e. The van der Waals surface area contributed by atoms with Crippen LogP contribution in [0.1, 0.15) is 35.4 Å². The molecule has 148 valence electrons. The largest absolute Gasteiger partial charge is 0.497 e. The fraction of sp³-hybridized carbons (Fsp3) is 0.167. The molecular formula is C24H23NO4. The number of methoxy groups -OCH3 is 1. The SMILES string of the molecule is CCC(=O)c1ccc(O[C@@H](C(=O)Nc2cccc(OC)c2)c2ccccc2)cc1. The molecule has 0 aliphatic heterocycles. The van der Waals surface area contributed by atoms with E-state index in [0.717, 1.165) is 5.56 Å². The van der Waals surface area contributed by atoms with Crippen LogP contribution in [0, 0.1) is 0 Å². The maximum Gasteiger partial charge on any atom is 0.270 e. The number of amides is 1. The Bertz CT molecular complexity index is 968. The minimum absolute atomic E-state index is 0.0620. The lowest BCUT2D eigenvalue weighted by molar-refractivity contribution is -0.123. The van der Waals surface area contributed by atoms with E-state index < -0.39 is 6.10 Å². The molecule has 0 fully saturated rings. The first-order valence-electron chi connectivity index (χ1n) is 9.40. The summed E-state index contributed by atoms with van der Waals surface area (Å²) in [7, 11) is 1.57. The van der Waals surface area contributed by atoms with Crippen molar-refractivity contribution in [3.63, 3.8) is 0 Å². The van der Waals surface area contributed by atoms with Gasteiger partial charge in [0, 0.05) is 29.3 Å². The molecule has 0 spiro atoms. The zero-order valence-corrected chi connectivity index (χ0v) is 16.4. The van der Waals surface area contributed by atoms with E-state index in [1.165, 1.54) is 0 Å². The number of anilines is 1. The Labute approximate surface area is 170 Å². The van der Waals surface area contributed by atoms with Crippen LogP contribution in [0.5, 0.6) is 11.5 Å². The van der Waals surface area contributed by atoms with Gasteiger partial charge in [-0.15, -0.1) is 0 Å². The minimum atomic E-state index is -0.852. The van der Waals surface area contributed by atoms with Crippen molar-refractivity contribution in [1.82, 2.24) is 0 Å². The maximum atomic E-state index is 13.0. The molecule has 0 heterocycles. The Kier molecular flexibility index (Phi) is 6.63. The van der Waals surface area contributed by atoms with Crippen LogP contribution in [0.2, 0.25) is 0 Å². The lowest BCUT2D eigenvalue weighted by atomic mass is 10.1. The van der Waals surface area contributed by atoms with Gasteiger partial charge in [0.1, 0.15) is 11.5 Å². The lowest BCUT2D eigenvalue weighted by Gasteiger charge is -2.19. The second-order valence-electron chi connectivity index (χ2n) is 6.43. The van der Waals surface area contributed by atoms with Gasteiger partial charge in [0.05, 0.1) is 7.11 Å². The average Bonchev–Trinajstić information content (AvgIpc) is 2.78. The number of Topliss-reactive ketones (excluding diaryl/α,β-unsaturated/α-hetero) is 1. The van der Waals surface area contributed by atoms with Crippen LogP contribution in [0.4, 0.5) is 5.69 Å². The van der Waals surface area contributed by atoms with E-state index in [0.29, 0.717) is 29.2 Å². The Morgan fingerprint density at radius 1 is 0.897 bits per heavy atom. The molecule has 29 heavy (non-hydrogen) atoms. The van der Waals surface area contributed by atoms with Crippen molar-refractivity contribution >= 4 is 17.4 Å². The van der Waals surface area contributed by atoms with Crippen LogP contribution in [0.25, 0.3) is 0 Å². The van der Waals surface area contributed by atoms with Gasteiger partial charge in [-0.05, 0) is 36.4 Å². The summed E-state index contributed by atoms with van der Waals surface area (Å²) in [5.74, 6) is 0.911.